The molecule has 0 spiro atoms. The molecular formula is C15H22N2O3. The molecule has 1 heterocycles. The molecule has 0 atom stereocenters. The number of hydrogen-bond donors (Lipinski definition) is 2. The molecule has 110 valence electrons. The van der Waals surface area contributed by atoms with Gasteiger partial charge in [-0.25, -0.2) is 0 Å². The van der Waals surface area contributed by atoms with Crippen LogP contribution in [0.1, 0.15) is 28.8 Å². The lowest BCUT2D eigenvalue weighted by Crippen LogP contribution is -2.56. The minimum absolute atomic E-state index is 0.115. The quantitative estimate of drug-likeness (QED) is 0.869. The summed E-state index contributed by atoms with van der Waals surface area (Å²) in [5.74, 6) is 0.599. The molecule has 1 aromatic carbocycles. The Morgan fingerprint density at radius 2 is 2.15 bits per heavy atom. The highest BCUT2D eigenvalue weighted by molar-refractivity contribution is 5.95. The predicted octanol–water partition coefficient (Wildman–Crippen LogP) is 1.24. The largest absolute Gasteiger partial charge is 0.496 e. The third-order valence-corrected chi connectivity index (χ3v) is 3.89. The van der Waals surface area contributed by atoms with Gasteiger partial charge in [-0.2, -0.15) is 0 Å². The Morgan fingerprint density at radius 1 is 1.45 bits per heavy atom. The molecule has 0 radical (unpaired) electrons. The van der Waals surface area contributed by atoms with Gasteiger partial charge >= 0.3 is 0 Å². The number of aryl methyl sites for hydroxylation is 1. The molecule has 2 rings (SSSR count). The highest BCUT2D eigenvalue weighted by Crippen LogP contribution is 2.22. The molecular weight excluding hydrogens is 256 g/mol. The van der Waals surface area contributed by atoms with Crippen molar-refractivity contribution in [3.8, 4) is 5.75 Å². The first-order chi connectivity index (χ1) is 9.60. The third kappa shape index (κ3) is 3.11. The number of nitrogens with one attached hydrogen (secondary N) is 1. The van der Waals surface area contributed by atoms with Crippen molar-refractivity contribution >= 4 is 5.91 Å². The van der Waals surface area contributed by atoms with Crippen LogP contribution in [0.15, 0.2) is 18.2 Å². The maximum Gasteiger partial charge on any atom is 0.251 e. The van der Waals surface area contributed by atoms with Gasteiger partial charge in [0.05, 0.1) is 12.6 Å². The van der Waals surface area contributed by atoms with E-state index in [0.717, 1.165) is 18.4 Å². The van der Waals surface area contributed by atoms with E-state index in [-0.39, 0.29) is 11.4 Å². The molecule has 3 N–H and O–H groups in total. The topological polar surface area (TPSA) is 73.6 Å². The van der Waals surface area contributed by atoms with Gasteiger partial charge in [-0.05, 0) is 37.5 Å². The van der Waals surface area contributed by atoms with Crippen LogP contribution in [0.5, 0.6) is 5.75 Å². The zero-order valence-electron chi connectivity index (χ0n) is 12.1. The first kappa shape index (κ1) is 14.8. The molecule has 1 amide bonds. The molecule has 0 unspecified atom stereocenters. The van der Waals surface area contributed by atoms with Crippen molar-refractivity contribution in [3.63, 3.8) is 0 Å². The number of benzene rings is 1. The summed E-state index contributed by atoms with van der Waals surface area (Å²) in [5, 5.41) is 3.07. The van der Waals surface area contributed by atoms with E-state index in [4.69, 9.17) is 15.2 Å². The van der Waals surface area contributed by atoms with Gasteiger partial charge in [-0.15, -0.1) is 0 Å². The number of ether oxygens (including phenoxy) is 2. The van der Waals surface area contributed by atoms with Gasteiger partial charge in [-0.1, -0.05) is 6.07 Å². The number of carbonyl (C=O) groups excluding carboxylic acids is 1. The summed E-state index contributed by atoms with van der Waals surface area (Å²) in [5.41, 5.74) is 7.09. The van der Waals surface area contributed by atoms with Crippen LogP contribution < -0.4 is 15.8 Å². The van der Waals surface area contributed by atoms with Gasteiger partial charge in [0.15, 0.2) is 0 Å². The lowest BCUT2D eigenvalue weighted by Gasteiger charge is -2.37. The fraction of sp³-hybridized carbons (Fsp3) is 0.533. The van der Waals surface area contributed by atoms with E-state index in [2.05, 4.69) is 5.32 Å². The van der Waals surface area contributed by atoms with Crippen molar-refractivity contribution in [2.24, 2.45) is 5.73 Å². The smallest absolute Gasteiger partial charge is 0.251 e. The average Bonchev–Trinajstić information content (AvgIpc) is 2.48. The second-order valence-corrected chi connectivity index (χ2v) is 5.24. The first-order valence-electron chi connectivity index (χ1n) is 6.85. The predicted molar refractivity (Wildman–Crippen MR) is 77.0 cm³/mol. The Hall–Kier alpha value is -1.59. The van der Waals surface area contributed by atoms with Crippen molar-refractivity contribution in [3.05, 3.63) is 29.3 Å². The van der Waals surface area contributed by atoms with Crippen molar-refractivity contribution < 1.29 is 14.3 Å². The normalized spacial score (nSPS) is 17.6. The van der Waals surface area contributed by atoms with E-state index in [1.807, 2.05) is 13.0 Å². The molecule has 0 aromatic heterocycles. The van der Waals surface area contributed by atoms with Crippen LogP contribution in [0.2, 0.25) is 0 Å². The fourth-order valence-electron chi connectivity index (χ4n) is 2.42. The number of methoxy groups -OCH3 is 1. The molecule has 5 nitrogen and oxygen atoms in total. The van der Waals surface area contributed by atoms with Gasteiger partial charge in [0, 0.05) is 25.3 Å². The maximum absolute atomic E-state index is 12.4. The van der Waals surface area contributed by atoms with Crippen molar-refractivity contribution in [2.45, 2.75) is 25.3 Å². The fourth-order valence-corrected chi connectivity index (χ4v) is 2.42. The summed E-state index contributed by atoms with van der Waals surface area (Å²) in [6.45, 7) is 3.63. The van der Waals surface area contributed by atoms with Gasteiger partial charge in [0.1, 0.15) is 5.75 Å². The number of nitrogens with two attached hydrogens (primary N) is 1. The molecule has 0 bridgehead atoms. The van der Waals surface area contributed by atoms with E-state index in [1.165, 1.54) is 0 Å². The van der Waals surface area contributed by atoms with E-state index < -0.39 is 0 Å². The summed E-state index contributed by atoms with van der Waals surface area (Å²) < 4.78 is 10.6. The van der Waals surface area contributed by atoms with Crippen molar-refractivity contribution in [2.75, 3.05) is 26.9 Å². The zero-order chi connectivity index (χ0) is 14.6. The lowest BCUT2D eigenvalue weighted by atomic mass is 9.89. The Bertz CT molecular complexity index is 482. The van der Waals surface area contributed by atoms with Crippen LogP contribution in [0, 0.1) is 6.92 Å². The standard InChI is InChI=1S/C15H22N2O3/c1-11-3-4-12(9-13(11)19-2)14(18)17-15(10-16)5-7-20-8-6-15/h3-4,9H,5-8,10,16H2,1-2H3,(H,17,18). The molecule has 1 aromatic rings. The second kappa shape index (κ2) is 6.24. The molecule has 1 fully saturated rings. The summed E-state index contributed by atoms with van der Waals surface area (Å²) in [6, 6.07) is 5.44. The van der Waals surface area contributed by atoms with E-state index in [0.29, 0.717) is 31.1 Å². The summed E-state index contributed by atoms with van der Waals surface area (Å²) in [6.07, 6.45) is 1.50. The van der Waals surface area contributed by atoms with E-state index in [1.54, 1.807) is 19.2 Å². The minimum Gasteiger partial charge on any atom is -0.496 e. The molecule has 0 aliphatic carbocycles. The molecule has 1 saturated heterocycles. The lowest BCUT2D eigenvalue weighted by molar-refractivity contribution is 0.0388. The number of rotatable bonds is 4. The Morgan fingerprint density at radius 3 is 2.75 bits per heavy atom. The highest BCUT2D eigenvalue weighted by Gasteiger charge is 2.33. The van der Waals surface area contributed by atoms with Crippen LogP contribution in [0.25, 0.3) is 0 Å². The van der Waals surface area contributed by atoms with Crippen LogP contribution in [-0.2, 0) is 4.74 Å². The van der Waals surface area contributed by atoms with E-state index >= 15 is 0 Å². The molecule has 0 saturated carbocycles. The van der Waals surface area contributed by atoms with Crippen LogP contribution in [-0.4, -0.2) is 38.3 Å². The van der Waals surface area contributed by atoms with Gasteiger partial charge < -0.3 is 20.5 Å². The maximum atomic E-state index is 12.4. The average molecular weight is 278 g/mol. The van der Waals surface area contributed by atoms with E-state index in [9.17, 15) is 4.79 Å². The van der Waals surface area contributed by atoms with Crippen LogP contribution in [0.4, 0.5) is 0 Å². The summed E-state index contributed by atoms with van der Waals surface area (Å²) in [4.78, 5) is 12.4. The van der Waals surface area contributed by atoms with Crippen molar-refractivity contribution in [1.29, 1.82) is 0 Å². The van der Waals surface area contributed by atoms with Crippen LogP contribution >= 0.6 is 0 Å². The molecule has 1 aliphatic rings. The Labute approximate surface area is 119 Å². The third-order valence-electron chi connectivity index (χ3n) is 3.89. The molecule has 20 heavy (non-hydrogen) atoms. The van der Waals surface area contributed by atoms with Crippen LogP contribution in [0.3, 0.4) is 0 Å². The monoisotopic (exact) mass is 278 g/mol. The van der Waals surface area contributed by atoms with Gasteiger partial charge in [0.25, 0.3) is 5.91 Å². The second-order valence-electron chi connectivity index (χ2n) is 5.24. The summed E-state index contributed by atoms with van der Waals surface area (Å²) >= 11 is 0. The summed E-state index contributed by atoms with van der Waals surface area (Å²) in [7, 11) is 1.60. The van der Waals surface area contributed by atoms with Gasteiger partial charge in [-0.3, -0.25) is 4.79 Å². The van der Waals surface area contributed by atoms with Crippen molar-refractivity contribution in [1.82, 2.24) is 5.32 Å². The number of amides is 1. The minimum atomic E-state index is -0.354. The number of hydrogen-bond acceptors (Lipinski definition) is 4. The number of carbonyl (C=O) groups is 1. The zero-order valence-corrected chi connectivity index (χ0v) is 12.1. The molecule has 1 aliphatic heterocycles. The Kier molecular flexibility index (Phi) is 4.62. The highest BCUT2D eigenvalue weighted by atomic mass is 16.5. The molecule has 5 heteroatoms. The SMILES string of the molecule is COc1cc(C(=O)NC2(CN)CCOCC2)ccc1C. The Balaban J connectivity index is 2.14. The van der Waals surface area contributed by atoms with Gasteiger partial charge in [0.2, 0.25) is 0 Å². The first-order valence-corrected chi connectivity index (χ1v) is 6.85.